The summed E-state index contributed by atoms with van der Waals surface area (Å²) in [6, 6.07) is 13.5. The number of amides is 1. The number of para-hydroxylation sites is 1. The number of anilines is 2. The molecule has 0 saturated carbocycles. The molecule has 0 radical (unpaired) electrons. The summed E-state index contributed by atoms with van der Waals surface area (Å²) in [6.07, 6.45) is 0. The van der Waals surface area contributed by atoms with Gasteiger partial charge in [0.25, 0.3) is 0 Å². The van der Waals surface area contributed by atoms with Crippen molar-refractivity contribution in [3.05, 3.63) is 59.2 Å². The third-order valence-electron chi connectivity index (χ3n) is 5.40. The van der Waals surface area contributed by atoms with Crippen LogP contribution in [0.15, 0.2) is 42.5 Å². The van der Waals surface area contributed by atoms with Crippen LogP contribution in [-0.2, 0) is 9.53 Å². The summed E-state index contributed by atoms with van der Waals surface area (Å²) in [5.41, 5.74) is 4.89. The van der Waals surface area contributed by atoms with Crippen LogP contribution >= 0.6 is 0 Å². The van der Waals surface area contributed by atoms with Crippen LogP contribution in [0, 0.1) is 13.8 Å². The molecule has 0 unspecified atom stereocenters. The third-order valence-corrected chi connectivity index (χ3v) is 5.40. The average Bonchev–Trinajstić information content (AvgIpc) is 2.74. The van der Waals surface area contributed by atoms with Crippen molar-refractivity contribution in [1.82, 2.24) is 4.90 Å². The van der Waals surface area contributed by atoms with Crippen molar-refractivity contribution in [2.45, 2.75) is 20.8 Å². The van der Waals surface area contributed by atoms with Crippen molar-refractivity contribution in [3.8, 4) is 0 Å². The van der Waals surface area contributed by atoms with Crippen molar-refractivity contribution >= 4 is 23.3 Å². The molecule has 2 aromatic carbocycles. The van der Waals surface area contributed by atoms with Crippen molar-refractivity contribution in [2.75, 3.05) is 49.5 Å². The second-order valence-electron chi connectivity index (χ2n) is 7.21. The monoisotopic (exact) mass is 395 g/mol. The van der Waals surface area contributed by atoms with Gasteiger partial charge in [0.1, 0.15) is 0 Å². The molecular weight excluding hydrogens is 366 g/mol. The average molecular weight is 396 g/mol. The number of nitrogens with zero attached hydrogens (tertiary/aromatic N) is 2. The van der Waals surface area contributed by atoms with Crippen LogP contribution in [-0.4, -0.2) is 56.1 Å². The number of aryl methyl sites for hydroxylation is 1. The standard InChI is InChI=1S/C23H29N3O3/c1-4-29-23(28)19-9-5-6-10-20(19)24-16-22(27)26-14-12-25(13-15-26)21-11-7-8-17(2)18(21)3/h5-11,24H,4,12-16H2,1-3H3. The third kappa shape index (κ3) is 4.88. The lowest BCUT2D eigenvalue weighted by molar-refractivity contribution is -0.129. The summed E-state index contributed by atoms with van der Waals surface area (Å²) in [4.78, 5) is 29.0. The minimum atomic E-state index is -0.384. The maximum atomic E-state index is 12.7. The highest BCUT2D eigenvalue weighted by Crippen LogP contribution is 2.24. The first-order valence-corrected chi connectivity index (χ1v) is 10.1. The minimum absolute atomic E-state index is 0.0317. The molecule has 1 N–H and O–H groups in total. The second-order valence-corrected chi connectivity index (χ2v) is 7.21. The van der Waals surface area contributed by atoms with E-state index in [1.807, 2.05) is 11.0 Å². The molecule has 1 amide bonds. The highest BCUT2D eigenvalue weighted by Gasteiger charge is 2.22. The summed E-state index contributed by atoms with van der Waals surface area (Å²) in [5.74, 6) is -0.352. The number of piperazine rings is 1. The first kappa shape index (κ1) is 20.7. The van der Waals surface area contributed by atoms with Gasteiger partial charge >= 0.3 is 5.97 Å². The fraction of sp³-hybridized carbons (Fsp3) is 0.391. The molecule has 1 saturated heterocycles. The van der Waals surface area contributed by atoms with E-state index in [-0.39, 0.29) is 18.4 Å². The van der Waals surface area contributed by atoms with Crippen LogP contribution < -0.4 is 10.2 Å². The zero-order valence-corrected chi connectivity index (χ0v) is 17.4. The molecule has 0 aliphatic carbocycles. The smallest absolute Gasteiger partial charge is 0.340 e. The Labute approximate surface area is 172 Å². The predicted molar refractivity (Wildman–Crippen MR) is 116 cm³/mol. The molecule has 1 fully saturated rings. The zero-order chi connectivity index (χ0) is 20.8. The van der Waals surface area contributed by atoms with Gasteiger partial charge < -0.3 is 19.9 Å². The van der Waals surface area contributed by atoms with E-state index in [9.17, 15) is 9.59 Å². The number of hydrogen-bond acceptors (Lipinski definition) is 5. The summed E-state index contributed by atoms with van der Waals surface area (Å²) < 4.78 is 5.08. The van der Waals surface area contributed by atoms with E-state index in [0.717, 1.165) is 13.1 Å². The molecule has 3 rings (SSSR count). The topological polar surface area (TPSA) is 61.9 Å². The van der Waals surface area contributed by atoms with Crippen LogP contribution in [0.5, 0.6) is 0 Å². The van der Waals surface area contributed by atoms with Crippen LogP contribution in [0.3, 0.4) is 0 Å². The largest absolute Gasteiger partial charge is 0.462 e. The van der Waals surface area contributed by atoms with Gasteiger partial charge in [0.2, 0.25) is 5.91 Å². The van der Waals surface area contributed by atoms with Gasteiger partial charge in [0.15, 0.2) is 0 Å². The van der Waals surface area contributed by atoms with E-state index in [1.165, 1.54) is 16.8 Å². The Morgan fingerprint density at radius 3 is 2.45 bits per heavy atom. The first-order valence-electron chi connectivity index (χ1n) is 10.1. The van der Waals surface area contributed by atoms with E-state index in [2.05, 4.69) is 42.3 Å². The molecule has 6 nitrogen and oxygen atoms in total. The molecule has 154 valence electrons. The SMILES string of the molecule is CCOC(=O)c1ccccc1NCC(=O)N1CCN(c2cccc(C)c2C)CC1. The Morgan fingerprint density at radius 1 is 1.00 bits per heavy atom. The lowest BCUT2D eigenvalue weighted by atomic mass is 10.1. The number of hydrogen-bond donors (Lipinski definition) is 1. The predicted octanol–water partition coefficient (Wildman–Crippen LogP) is 3.24. The van der Waals surface area contributed by atoms with Crippen molar-refractivity contribution < 1.29 is 14.3 Å². The normalized spacial score (nSPS) is 13.9. The second kappa shape index (κ2) is 9.45. The lowest BCUT2D eigenvalue weighted by Gasteiger charge is -2.37. The van der Waals surface area contributed by atoms with Crippen molar-refractivity contribution in [3.63, 3.8) is 0 Å². The number of carbonyl (C=O) groups excluding carboxylic acids is 2. The van der Waals surface area contributed by atoms with Crippen molar-refractivity contribution in [1.29, 1.82) is 0 Å². The Hall–Kier alpha value is -3.02. The molecular formula is C23H29N3O3. The van der Waals surface area contributed by atoms with Gasteiger partial charge in [0.05, 0.1) is 18.7 Å². The van der Waals surface area contributed by atoms with Gasteiger partial charge in [-0.25, -0.2) is 4.79 Å². The number of ether oxygens (including phenoxy) is 1. The molecule has 0 atom stereocenters. The Bertz CT molecular complexity index is 873. The summed E-state index contributed by atoms with van der Waals surface area (Å²) in [6.45, 7) is 9.52. The van der Waals surface area contributed by atoms with Gasteiger partial charge in [0, 0.05) is 37.6 Å². The van der Waals surface area contributed by atoms with Gasteiger partial charge in [-0.3, -0.25) is 4.79 Å². The summed E-state index contributed by atoms with van der Waals surface area (Å²) in [7, 11) is 0. The number of esters is 1. The molecule has 29 heavy (non-hydrogen) atoms. The van der Waals surface area contributed by atoms with E-state index in [4.69, 9.17) is 4.74 Å². The summed E-state index contributed by atoms with van der Waals surface area (Å²) in [5, 5.41) is 3.10. The highest BCUT2D eigenvalue weighted by atomic mass is 16.5. The molecule has 1 aliphatic rings. The fourth-order valence-electron chi connectivity index (χ4n) is 3.58. The number of carbonyl (C=O) groups is 2. The van der Waals surface area contributed by atoms with E-state index >= 15 is 0 Å². The van der Waals surface area contributed by atoms with Crippen molar-refractivity contribution in [2.24, 2.45) is 0 Å². The van der Waals surface area contributed by atoms with Crippen LogP contribution in [0.4, 0.5) is 11.4 Å². The van der Waals surface area contributed by atoms with Crippen LogP contribution in [0.25, 0.3) is 0 Å². The maximum Gasteiger partial charge on any atom is 0.340 e. The van der Waals surface area contributed by atoms with Gasteiger partial charge in [-0.2, -0.15) is 0 Å². The van der Waals surface area contributed by atoms with Gasteiger partial charge in [-0.1, -0.05) is 24.3 Å². The zero-order valence-electron chi connectivity index (χ0n) is 17.4. The minimum Gasteiger partial charge on any atom is -0.462 e. The molecule has 0 spiro atoms. The molecule has 1 heterocycles. The molecule has 1 aliphatic heterocycles. The van der Waals surface area contributed by atoms with Crippen LogP contribution in [0.1, 0.15) is 28.4 Å². The number of rotatable bonds is 6. The number of benzene rings is 2. The van der Waals surface area contributed by atoms with E-state index in [1.54, 1.807) is 25.1 Å². The van der Waals surface area contributed by atoms with E-state index < -0.39 is 0 Å². The first-order chi connectivity index (χ1) is 14.0. The number of nitrogens with one attached hydrogen (secondary N) is 1. The van der Waals surface area contributed by atoms with Gasteiger partial charge in [-0.15, -0.1) is 0 Å². The lowest BCUT2D eigenvalue weighted by Crippen LogP contribution is -2.50. The highest BCUT2D eigenvalue weighted by molar-refractivity contribution is 5.96. The molecule has 0 aromatic heterocycles. The molecule has 6 heteroatoms. The van der Waals surface area contributed by atoms with Gasteiger partial charge in [-0.05, 0) is 50.1 Å². The van der Waals surface area contributed by atoms with E-state index in [0.29, 0.717) is 30.9 Å². The molecule has 0 bridgehead atoms. The maximum absolute atomic E-state index is 12.7. The van der Waals surface area contributed by atoms with Crippen LogP contribution in [0.2, 0.25) is 0 Å². The quantitative estimate of drug-likeness (QED) is 0.761. The summed E-state index contributed by atoms with van der Waals surface area (Å²) >= 11 is 0. The molecule has 2 aromatic rings. The fourth-order valence-corrected chi connectivity index (χ4v) is 3.58. The Morgan fingerprint density at radius 2 is 1.72 bits per heavy atom. The Balaban J connectivity index is 1.56. The Kier molecular flexibility index (Phi) is 6.75.